The van der Waals surface area contributed by atoms with E-state index in [-0.39, 0.29) is 6.61 Å². The van der Waals surface area contributed by atoms with Crippen LogP contribution in [-0.2, 0) is 18.9 Å². The molecule has 0 radical (unpaired) electrons. The van der Waals surface area contributed by atoms with Crippen molar-refractivity contribution < 1.29 is 23.7 Å². The standard InChI is InChI=1S/C9H17ClO5/c1-2-12-3-4-13-5-6-14-7-8-15-9(10)11/h2-8H2,1H3. The zero-order chi connectivity index (χ0) is 11.4. The van der Waals surface area contributed by atoms with E-state index in [4.69, 9.17) is 25.8 Å². The zero-order valence-electron chi connectivity index (χ0n) is 8.87. The lowest BCUT2D eigenvalue weighted by molar-refractivity contribution is 0.00890. The molecule has 0 heterocycles. The molecular weight excluding hydrogens is 224 g/mol. The lowest BCUT2D eigenvalue weighted by atomic mass is 10.7. The fourth-order valence-electron chi connectivity index (χ4n) is 0.765. The van der Waals surface area contributed by atoms with Crippen LogP contribution in [0.1, 0.15) is 6.92 Å². The number of hydrogen-bond donors (Lipinski definition) is 0. The van der Waals surface area contributed by atoms with Crippen molar-refractivity contribution >= 4 is 17.0 Å². The molecule has 0 atom stereocenters. The van der Waals surface area contributed by atoms with Gasteiger partial charge in [-0.3, -0.25) is 0 Å². The van der Waals surface area contributed by atoms with Gasteiger partial charge in [-0.2, -0.15) is 0 Å². The molecule has 0 aromatic carbocycles. The van der Waals surface area contributed by atoms with E-state index >= 15 is 0 Å². The number of carbonyl (C=O) groups is 1. The number of halogens is 1. The normalized spacial score (nSPS) is 10.3. The summed E-state index contributed by atoms with van der Waals surface area (Å²) in [5.74, 6) is 0. The van der Waals surface area contributed by atoms with Crippen molar-refractivity contribution in [3.8, 4) is 0 Å². The average Bonchev–Trinajstić information content (AvgIpc) is 2.20. The summed E-state index contributed by atoms with van der Waals surface area (Å²) in [5.41, 5.74) is -0.813. The van der Waals surface area contributed by atoms with Gasteiger partial charge in [0.05, 0.1) is 33.0 Å². The first-order chi connectivity index (χ1) is 7.27. The first-order valence-electron chi connectivity index (χ1n) is 4.83. The molecule has 6 heteroatoms. The average molecular weight is 241 g/mol. The van der Waals surface area contributed by atoms with Crippen LogP contribution < -0.4 is 0 Å². The Kier molecular flexibility index (Phi) is 11.4. The van der Waals surface area contributed by atoms with Gasteiger partial charge >= 0.3 is 5.43 Å². The van der Waals surface area contributed by atoms with Gasteiger partial charge in [0.2, 0.25) is 0 Å². The SMILES string of the molecule is CCOCCOCCOCCOC(=O)Cl. The summed E-state index contributed by atoms with van der Waals surface area (Å²) in [6, 6.07) is 0. The highest BCUT2D eigenvalue weighted by molar-refractivity contribution is 6.61. The Morgan fingerprint density at radius 3 is 1.87 bits per heavy atom. The van der Waals surface area contributed by atoms with Gasteiger partial charge in [0.15, 0.2) is 0 Å². The Labute approximate surface area is 94.6 Å². The molecule has 15 heavy (non-hydrogen) atoms. The monoisotopic (exact) mass is 240 g/mol. The molecule has 90 valence electrons. The minimum Gasteiger partial charge on any atom is -0.451 e. The van der Waals surface area contributed by atoms with Crippen LogP contribution in [0.5, 0.6) is 0 Å². The molecule has 0 aromatic rings. The summed E-state index contributed by atoms with van der Waals surface area (Å²) in [6.07, 6.45) is 0. The van der Waals surface area contributed by atoms with Crippen LogP contribution in [0.25, 0.3) is 0 Å². The highest BCUT2D eigenvalue weighted by Gasteiger charge is 1.95. The Morgan fingerprint density at radius 1 is 0.933 bits per heavy atom. The van der Waals surface area contributed by atoms with Crippen LogP contribution in [0.3, 0.4) is 0 Å². The second kappa shape index (κ2) is 11.7. The topological polar surface area (TPSA) is 54.0 Å². The van der Waals surface area contributed by atoms with Gasteiger partial charge in [-0.15, -0.1) is 0 Å². The van der Waals surface area contributed by atoms with E-state index in [1.807, 2.05) is 6.92 Å². The van der Waals surface area contributed by atoms with Crippen molar-refractivity contribution in [2.45, 2.75) is 6.92 Å². The Balaban J connectivity index is 2.89. The minimum absolute atomic E-state index is 0.168. The highest BCUT2D eigenvalue weighted by atomic mass is 35.5. The van der Waals surface area contributed by atoms with Crippen molar-refractivity contribution in [2.24, 2.45) is 0 Å². The van der Waals surface area contributed by atoms with E-state index in [0.29, 0.717) is 39.6 Å². The zero-order valence-corrected chi connectivity index (χ0v) is 9.62. The third-order valence-electron chi connectivity index (χ3n) is 1.39. The number of carbonyl (C=O) groups excluding carboxylic acids is 1. The smallest absolute Gasteiger partial charge is 0.403 e. The first kappa shape index (κ1) is 14.6. The van der Waals surface area contributed by atoms with Gasteiger partial charge in [-0.1, -0.05) is 0 Å². The van der Waals surface area contributed by atoms with E-state index < -0.39 is 5.43 Å². The first-order valence-corrected chi connectivity index (χ1v) is 5.20. The van der Waals surface area contributed by atoms with Crippen LogP contribution in [0.15, 0.2) is 0 Å². The lowest BCUT2D eigenvalue weighted by Gasteiger charge is -2.05. The van der Waals surface area contributed by atoms with Crippen LogP contribution in [-0.4, -0.2) is 51.7 Å². The Bertz CT molecular complexity index is 153. The maximum absolute atomic E-state index is 10.1. The van der Waals surface area contributed by atoms with E-state index in [2.05, 4.69) is 4.74 Å². The third kappa shape index (κ3) is 13.6. The largest absolute Gasteiger partial charge is 0.451 e. The third-order valence-corrected chi connectivity index (χ3v) is 1.50. The van der Waals surface area contributed by atoms with E-state index in [1.54, 1.807) is 0 Å². The minimum atomic E-state index is -0.813. The molecule has 0 spiro atoms. The van der Waals surface area contributed by atoms with Gasteiger partial charge in [0.1, 0.15) is 6.61 Å². The fraction of sp³-hybridized carbons (Fsp3) is 0.889. The molecule has 0 unspecified atom stereocenters. The van der Waals surface area contributed by atoms with Crippen molar-refractivity contribution in [1.29, 1.82) is 0 Å². The van der Waals surface area contributed by atoms with E-state index in [0.717, 1.165) is 0 Å². The summed E-state index contributed by atoms with van der Waals surface area (Å²) in [7, 11) is 0. The molecule has 0 aliphatic heterocycles. The maximum Gasteiger partial charge on any atom is 0.403 e. The predicted octanol–water partition coefficient (Wildman–Crippen LogP) is 1.43. The van der Waals surface area contributed by atoms with Gasteiger partial charge in [-0.25, -0.2) is 4.79 Å². The van der Waals surface area contributed by atoms with Crippen LogP contribution >= 0.6 is 11.6 Å². The molecule has 0 bridgehead atoms. The van der Waals surface area contributed by atoms with Gasteiger partial charge in [-0.05, 0) is 6.92 Å². The quantitative estimate of drug-likeness (QED) is 0.427. The van der Waals surface area contributed by atoms with Gasteiger partial charge in [0.25, 0.3) is 0 Å². The summed E-state index contributed by atoms with van der Waals surface area (Å²) < 4.78 is 19.8. The molecule has 0 rings (SSSR count). The molecule has 0 saturated heterocycles. The van der Waals surface area contributed by atoms with Crippen molar-refractivity contribution in [3.05, 3.63) is 0 Å². The molecule has 0 aromatic heterocycles. The summed E-state index contributed by atoms with van der Waals surface area (Å²) >= 11 is 4.93. The molecule has 0 amide bonds. The van der Waals surface area contributed by atoms with E-state index in [1.165, 1.54) is 0 Å². The van der Waals surface area contributed by atoms with Gasteiger partial charge < -0.3 is 18.9 Å². The Hall–Kier alpha value is -0.360. The van der Waals surface area contributed by atoms with Gasteiger partial charge in [0, 0.05) is 18.2 Å². The predicted molar refractivity (Wildman–Crippen MR) is 55.3 cm³/mol. The summed E-state index contributed by atoms with van der Waals surface area (Å²) in [6.45, 7) is 5.25. The summed E-state index contributed by atoms with van der Waals surface area (Å²) in [5, 5.41) is 0. The molecule has 5 nitrogen and oxygen atoms in total. The van der Waals surface area contributed by atoms with Crippen LogP contribution in [0.2, 0.25) is 0 Å². The molecule has 0 fully saturated rings. The van der Waals surface area contributed by atoms with Crippen molar-refractivity contribution in [2.75, 3.05) is 46.2 Å². The fourth-order valence-corrected chi connectivity index (χ4v) is 0.842. The molecular formula is C9H17ClO5. The summed E-state index contributed by atoms with van der Waals surface area (Å²) in [4.78, 5) is 10.1. The second-order valence-corrected chi connectivity index (χ2v) is 2.82. The number of rotatable bonds is 10. The maximum atomic E-state index is 10.1. The molecule has 0 aliphatic rings. The molecule has 0 N–H and O–H groups in total. The molecule has 0 saturated carbocycles. The van der Waals surface area contributed by atoms with Crippen LogP contribution in [0, 0.1) is 0 Å². The second-order valence-electron chi connectivity index (χ2n) is 2.51. The van der Waals surface area contributed by atoms with Crippen LogP contribution in [0.4, 0.5) is 4.79 Å². The molecule has 0 aliphatic carbocycles. The lowest BCUT2D eigenvalue weighted by Crippen LogP contribution is -2.12. The number of hydrogen-bond acceptors (Lipinski definition) is 5. The Morgan fingerprint density at radius 2 is 1.40 bits per heavy atom. The highest BCUT2D eigenvalue weighted by Crippen LogP contribution is 1.87. The number of ether oxygens (including phenoxy) is 4. The van der Waals surface area contributed by atoms with Crippen molar-refractivity contribution in [3.63, 3.8) is 0 Å². The van der Waals surface area contributed by atoms with Crippen molar-refractivity contribution in [1.82, 2.24) is 0 Å². The van der Waals surface area contributed by atoms with E-state index in [9.17, 15) is 4.79 Å².